The summed E-state index contributed by atoms with van der Waals surface area (Å²) in [5.41, 5.74) is 0. The van der Waals surface area contributed by atoms with Gasteiger partial charge in [-0.05, 0) is 29.7 Å². The first-order valence-corrected chi connectivity index (χ1v) is 4.21. The zero-order valence-corrected chi connectivity index (χ0v) is 7.69. The van der Waals surface area contributed by atoms with Gasteiger partial charge in [-0.25, -0.2) is 0 Å². The Hall–Kier alpha value is -1.90. The lowest BCUT2D eigenvalue weighted by Gasteiger charge is -2.07. The maximum absolute atomic E-state index is 9.49. The fourth-order valence-electron chi connectivity index (χ4n) is 1.49. The Morgan fingerprint density at radius 1 is 1.07 bits per heavy atom. The molecule has 0 aliphatic rings. The van der Waals surface area contributed by atoms with Gasteiger partial charge in [0.2, 0.25) is 0 Å². The SMILES string of the molecule is COc1c(O)ccc2cc(O)ccc12. The maximum atomic E-state index is 9.49. The topological polar surface area (TPSA) is 49.7 Å². The number of methoxy groups -OCH3 is 1. The maximum Gasteiger partial charge on any atom is 0.168 e. The first kappa shape index (κ1) is 8.69. The van der Waals surface area contributed by atoms with Crippen molar-refractivity contribution in [2.45, 2.75) is 0 Å². The van der Waals surface area contributed by atoms with Gasteiger partial charge in [-0.15, -0.1) is 0 Å². The van der Waals surface area contributed by atoms with Crippen LogP contribution in [-0.2, 0) is 0 Å². The van der Waals surface area contributed by atoms with Gasteiger partial charge >= 0.3 is 0 Å². The molecule has 3 nitrogen and oxygen atoms in total. The van der Waals surface area contributed by atoms with Crippen LogP contribution in [-0.4, -0.2) is 17.3 Å². The molecule has 0 fully saturated rings. The Morgan fingerprint density at radius 2 is 1.86 bits per heavy atom. The number of ether oxygens (including phenoxy) is 1. The third-order valence-electron chi connectivity index (χ3n) is 2.14. The van der Waals surface area contributed by atoms with E-state index in [9.17, 15) is 10.2 Å². The van der Waals surface area contributed by atoms with E-state index in [1.807, 2.05) is 0 Å². The van der Waals surface area contributed by atoms with E-state index in [-0.39, 0.29) is 11.5 Å². The summed E-state index contributed by atoms with van der Waals surface area (Å²) in [5.74, 6) is 0.735. The van der Waals surface area contributed by atoms with E-state index in [4.69, 9.17) is 4.74 Å². The molecule has 14 heavy (non-hydrogen) atoms. The predicted octanol–water partition coefficient (Wildman–Crippen LogP) is 2.26. The highest BCUT2D eigenvalue weighted by molar-refractivity contribution is 5.91. The van der Waals surface area contributed by atoms with Crippen LogP contribution < -0.4 is 4.74 Å². The molecule has 2 aromatic rings. The Bertz CT molecular complexity index is 477. The van der Waals surface area contributed by atoms with E-state index in [0.29, 0.717) is 5.75 Å². The lowest BCUT2D eigenvalue weighted by atomic mass is 10.1. The quantitative estimate of drug-likeness (QED) is 0.725. The van der Waals surface area contributed by atoms with Crippen molar-refractivity contribution in [3.63, 3.8) is 0 Å². The molecule has 0 unspecified atom stereocenters. The summed E-state index contributed by atoms with van der Waals surface area (Å²) in [4.78, 5) is 0. The van der Waals surface area contributed by atoms with Crippen LogP contribution in [0, 0.1) is 0 Å². The monoisotopic (exact) mass is 190 g/mol. The highest BCUT2D eigenvalue weighted by Gasteiger charge is 2.06. The molecular weight excluding hydrogens is 180 g/mol. The predicted molar refractivity (Wildman–Crippen MR) is 53.8 cm³/mol. The zero-order valence-electron chi connectivity index (χ0n) is 7.69. The molecule has 0 atom stereocenters. The van der Waals surface area contributed by atoms with Crippen molar-refractivity contribution >= 4 is 10.8 Å². The molecule has 0 aliphatic carbocycles. The van der Waals surface area contributed by atoms with Gasteiger partial charge in [-0.1, -0.05) is 6.07 Å². The summed E-state index contributed by atoms with van der Waals surface area (Å²) in [6.45, 7) is 0. The zero-order chi connectivity index (χ0) is 10.1. The molecule has 3 heteroatoms. The van der Waals surface area contributed by atoms with Gasteiger partial charge in [0.15, 0.2) is 11.5 Å². The minimum absolute atomic E-state index is 0.102. The van der Waals surface area contributed by atoms with Gasteiger partial charge in [0.05, 0.1) is 7.11 Å². The summed E-state index contributed by atoms with van der Waals surface area (Å²) < 4.78 is 5.07. The second-order valence-electron chi connectivity index (χ2n) is 3.02. The van der Waals surface area contributed by atoms with Crippen LogP contribution in [0.4, 0.5) is 0 Å². The molecule has 0 amide bonds. The average molecular weight is 190 g/mol. The van der Waals surface area contributed by atoms with E-state index >= 15 is 0 Å². The molecule has 0 saturated carbocycles. The van der Waals surface area contributed by atoms with Gasteiger partial charge in [0.25, 0.3) is 0 Å². The smallest absolute Gasteiger partial charge is 0.168 e. The Kier molecular flexibility index (Phi) is 1.93. The molecule has 0 saturated heterocycles. The molecule has 0 bridgehead atoms. The van der Waals surface area contributed by atoms with Crippen molar-refractivity contribution in [2.75, 3.05) is 7.11 Å². The van der Waals surface area contributed by atoms with Crippen LogP contribution in [0.15, 0.2) is 30.3 Å². The van der Waals surface area contributed by atoms with Crippen molar-refractivity contribution < 1.29 is 14.9 Å². The van der Waals surface area contributed by atoms with E-state index < -0.39 is 0 Å². The molecule has 0 aliphatic heterocycles. The lowest BCUT2D eigenvalue weighted by Crippen LogP contribution is -1.85. The summed E-state index contributed by atoms with van der Waals surface area (Å²) >= 11 is 0. The van der Waals surface area contributed by atoms with Gasteiger partial charge < -0.3 is 14.9 Å². The lowest BCUT2D eigenvalue weighted by molar-refractivity contribution is 0.378. The highest BCUT2D eigenvalue weighted by atomic mass is 16.5. The van der Waals surface area contributed by atoms with Crippen LogP contribution in [0.25, 0.3) is 10.8 Å². The van der Waals surface area contributed by atoms with Crippen molar-refractivity contribution in [1.82, 2.24) is 0 Å². The minimum Gasteiger partial charge on any atom is -0.508 e. The number of fused-ring (bicyclic) bond motifs is 1. The summed E-state index contributed by atoms with van der Waals surface area (Å²) in [5, 5.41) is 20.4. The van der Waals surface area contributed by atoms with Crippen molar-refractivity contribution in [3.05, 3.63) is 30.3 Å². The van der Waals surface area contributed by atoms with Gasteiger partial charge in [-0.3, -0.25) is 0 Å². The number of phenols is 2. The molecule has 0 spiro atoms. The molecule has 2 aromatic carbocycles. The highest BCUT2D eigenvalue weighted by Crippen LogP contribution is 2.35. The number of aromatic hydroxyl groups is 2. The van der Waals surface area contributed by atoms with E-state index in [2.05, 4.69) is 0 Å². The van der Waals surface area contributed by atoms with Crippen LogP contribution in [0.3, 0.4) is 0 Å². The number of hydrogen-bond donors (Lipinski definition) is 2. The fraction of sp³-hybridized carbons (Fsp3) is 0.0909. The van der Waals surface area contributed by atoms with Crippen LogP contribution in [0.5, 0.6) is 17.2 Å². The Morgan fingerprint density at radius 3 is 2.57 bits per heavy atom. The second-order valence-corrected chi connectivity index (χ2v) is 3.02. The first-order chi connectivity index (χ1) is 6.72. The normalized spacial score (nSPS) is 10.4. The minimum atomic E-state index is 0.102. The summed E-state index contributed by atoms with van der Waals surface area (Å²) in [6, 6.07) is 8.17. The second kappa shape index (κ2) is 3.10. The molecule has 0 radical (unpaired) electrons. The van der Waals surface area contributed by atoms with Crippen LogP contribution in [0.1, 0.15) is 0 Å². The summed E-state index contributed by atoms with van der Waals surface area (Å²) in [7, 11) is 1.50. The van der Waals surface area contributed by atoms with Gasteiger partial charge in [-0.2, -0.15) is 0 Å². The van der Waals surface area contributed by atoms with E-state index in [1.165, 1.54) is 7.11 Å². The van der Waals surface area contributed by atoms with Crippen LogP contribution >= 0.6 is 0 Å². The number of rotatable bonds is 1. The first-order valence-electron chi connectivity index (χ1n) is 4.21. The Labute approximate surface area is 81.2 Å². The van der Waals surface area contributed by atoms with Crippen molar-refractivity contribution in [1.29, 1.82) is 0 Å². The molecule has 2 N–H and O–H groups in total. The molecular formula is C11H10O3. The summed E-state index contributed by atoms with van der Waals surface area (Å²) in [6.07, 6.45) is 0. The van der Waals surface area contributed by atoms with Crippen molar-refractivity contribution in [2.24, 2.45) is 0 Å². The molecule has 72 valence electrons. The third-order valence-corrected chi connectivity index (χ3v) is 2.14. The third kappa shape index (κ3) is 1.23. The largest absolute Gasteiger partial charge is 0.508 e. The van der Waals surface area contributed by atoms with Crippen molar-refractivity contribution in [3.8, 4) is 17.2 Å². The standard InChI is InChI=1S/C11H10O3/c1-14-11-9-4-3-8(12)6-7(9)2-5-10(11)13/h2-6,12-13H,1H3. The van der Waals surface area contributed by atoms with Gasteiger partial charge in [0.1, 0.15) is 5.75 Å². The molecule has 2 rings (SSSR count). The Balaban J connectivity index is 2.82. The average Bonchev–Trinajstić information content (AvgIpc) is 2.18. The van der Waals surface area contributed by atoms with E-state index in [1.54, 1.807) is 30.3 Å². The van der Waals surface area contributed by atoms with Crippen LogP contribution in [0.2, 0.25) is 0 Å². The molecule has 0 heterocycles. The number of hydrogen-bond acceptors (Lipinski definition) is 3. The fourth-order valence-corrected chi connectivity index (χ4v) is 1.49. The number of benzene rings is 2. The van der Waals surface area contributed by atoms with Gasteiger partial charge in [0, 0.05) is 5.39 Å². The molecule has 0 aromatic heterocycles. The van der Waals surface area contributed by atoms with E-state index in [0.717, 1.165) is 10.8 Å². The number of phenolic OH excluding ortho intramolecular Hbond substituents is 2.